The van der Waals surface area contributed by atoms with Crippen molar-refractivity contribution in [3.8, 4) is 0 Å². The highest BCUT2D eigenvalue weighted by atomic mass is 16.1. The summed E-state index contributed by atoms with van der Waals surface area (Å²) in [5, 5.41) is 0. The predicted octanol–water partition coefficient (Wildman–Crippen LogP) is 1.25. The Labute approximate surface area is 107 Å². The predicted molar refractivity (Wildman–Crippen MR) is 69.9 cm³/mol. The monoisotopic (exact) mass is 246 g/mol. The number of nitrogens with zero attached hydrogens (tertiary/aromatic N) is 4. The Morgan fingerprint density at radius 1 is 0.944 bits per heavy atom. The van der Waals surface area contributed by atoms with Crippen LogP contribution in [-0.2, 0) is 4.79 Å². The van der Waals surface area contributed by atoms with Gasteiger partial charge in [-0.1, -0.05) is 0 Å². The van der Waals surface area contributed by atoms with E-state index in [4.69, 9.17) is 0 Å². The molecule has 0 bridgehead atoms. The van der Waals surface area contributed by atoms with E-state index >= 15 is 0 Å². The van der Waals surface area contributed by atoms with Crippen molar-refractivity contribution < 1.29 is 4.79 Å². The van der Waals surface area contributed by atoms with Crippen molar-refractivity contribution in [2.75, 3.05) is 36.0 Å². The molecule has 3 heterocycles. The van der Waals surface area contributed by atoms with E-state index in [1.165, 1.54) is 19.3 Å². The maximum Gasteiger partial charge on any atom is 0.153 e. The molecule has 0 amide bonds. The van der Waals surface area contributed by atoms with Gasteiger partial charge in [0.1, 0.15) is 18.0 Å². The number of aromatic nitrogens is 2. The molecule has 96 valence electrons. The first-order valence-electron chi connectivity index (χ1n) is 6.66. The van der Waals surface area contributed by atoms with Crippen LogP contribution in [0.25, 0.3) is 0 Å². The van der Waals surface area contributed by atoms with Crippen molar-refractivity contribution in [1.82, 2.24) is 9.97 Å². The summed E-state index contributed by atoms with van der Waals surface area (Å²) < 4.78 is 0. The Morgan fingerprint density at radius 2 is 1.67 bits per heavy atom. The standard InChI is InChI=1S/C13H18N4O/c18-11-4-7-17(9-11)13-8-12(14-10-15-13)16-5-2-1-3-6-16/h8,10H,1-7,9H2. The molecule has 0 saturated carbocycles. The average molecular weight is 246 g/mol. The van der Waals surface area contributed by atoms with Crippen LogP contribution in [0.4, 0.5) is 11.6 Å². The fraction of sp³-hybridized carbons (Fsp3) is 0.615. The largest absolute Gasteiger partial charge is 0.356 e. The van der Waals surface area contributed by atoms with Gasteiger partial charge < -0.3 is 9.80 Å². The molecule has 1 aromatic heterocycles. The van der Waals surface area contributed by atoms with Crippen LogP contribution in [0.3, 0.4) is 0 Å². The second-order valence-corrected chi connectivity index (χ2v) is 4.99. The van der Waals surface area contributed by atoms with Crippen LogP contribution in [-0.4, -0.2) is 41.9 Å². The molecule has 18 heavy (non-hydrogen) atoms. The first-order chi connectivity index (χ1) is 8.83. The minimum Gasteiger partial charge on any atom is -0.356 e. The summed E-state index contributed by atoms with van der Waals surface area (Å²) in [4.78, 5) is 24.3. The third kappa shape index (κ3) is 2.30. The van der Waals surface area contributed by atoms with Gasteiger partial charge in [0.15, 0.2) is 5.78 Å². The molecule has 0 atom stereocenters. The topological polar surface area (TPSA) is 49.3 Å². The van der Waals surface area contributed by atoms with Crippen molar-refractivity contribution in [2.45, 2.75) is 25.7 Å². The van der Waals surface area contributed by atoms with E-state index in [2.05, 4.69) is 14.9 Å². The van der Waals surface area contributed by atoms with Gasteiger partial charge in [-0.3, -0.25) is 4.79 Å². The molecular formula is C13H18N4O. The van der Waals surface area contributed by atoms with Crippen molar-refractivity contribution in [3.63, 3.8) is 0 Å². The molecule has 0 aromatic carbocycles. The van der Waals surface area contributed by atoms with E-state index < -0.39 is 0 Å². The lowest BCUT2D eigenvalue weighted by atomic mass is 10.1. The Morgan fingerprint density at radius 3 is 2.33 bits per heavy atom. The number of carbonyl (C=O) groups is 1. The van der Waals surface area contributed by atoms with Gasteiger partial charge in [-0.25, -0.2) is 9.97 Å². The van der Waals surface area contributed by atoms with Crippen molar-refractivity contribution in [2.24, 2.45) is 0 Å². The Balaban J connectivity index is 1.78. The summed E-state index contributed by atoms with van der Waals surface area (Å²) in [5.41, 5.74) is 0. The summed E-state index contributed by atoms with van der Waals surface area (Å²) in [5.74, 6) is 2.18. The van der Waals surface area contributed by atoms with Crippen LogP contribution >= 0.6 is 0 Å². The Hall–Kier alpha value is -1.65. The summed E-state index contributed by atoms with van der Waals surface area (Å²) in [6, 6.07) is 2.02. The number of ketones is 1. The summed E-state index contributed by atoms with van der Waals surface area (Å²) in [6.07, 6.45) is 6.04. The Kier molecular flexibility index (Phi) is 3.13. The SMILES string of the molecule is O=C1CCN(c2cc(N3CCCCC3)ncn2)C1. The molecule has 5 nitrogen and oxygen atoms in total. The molecule has 0 spiro atoms. The molecule has 2 fully saturated rings. The second-order valence-electron chi connectivity index (χ2n) is 4.99. The maximum absolute atomic E-state index is 11.3. The second kappa shape index (κ2) is 4.92. The van der Waals surface area contributed by atoms with Crippen LogP contribution in [0.2, 0.25) is 0 Å². The third-order valence-electron chi connectivity index (χ3n) is 3.67. The van der Waals surface area contributed by atoms with Gasteiger partial charge in [0, 0.05) is 32.1 Å². The van der Waals surface area contributed by atoms with Crippen molar-refractivity contribution >= 4 is 17.4 Å². The van der Waals surface area contributed by atoms with Crippen LogP contribution in [0.15, 0.2) is 12.4 Å². The van der Waals surface area contributed by atoms with E-state index in [9.17, 15) is 4.79 Å². The quantitative estimate of drug-likeness (QED) is 0.786. The Bertz CT molecular complexity index is 442. The van der Waals surface area contributed by atoms with E-state index in [0.29, 0.717) is 18.7 Å². The first-order valence-corrected chi connectivity index (χ1v) is 6.66. The fourth-order valence-corrected chi connectivity index (χ4v) is 2.63. The fourth-order valence-electron chi connectivity index (χ4n) is 2.63. The molecule has 5 heteroatoms. The van der Waals surface area contributed by atoms with Crippen LogP contribution < -0.4 is 9.80 Å². The van der Waals surface area contributed by atoms with E-state index in [0.717, 1.165) is 31.3 Å². The molecular weight excluding hydrogens is 228 g/mol. The van der Waals surface area contributed by atoms with Crippen LogP contribution in [0.5, 0.6) is 0 Å². The highest BCUT2D eigenvalue weighted by Gasteiger charge is 2.21. The number of anilines is 2. The molecule has 2 aliphatic heterocycles. The highest BCUT2D eigenvalue weighted by Crippen LogP contribution is 2.22. The minimum absolute atomic E-state index is 0.299. The van der Waals surface area contributed by atoms with E-state index in [1.54, 1.807) is 6.33 Å². The van der Waals surface area contributed by atoms with Gasteiger partial charge in [-0.05, 0) is 19.3 Å². The maximum atomic E-state index is 11.3. The number of hydrogen-bond donors (Lipinski definition) is 0. The van der Waals surface area contributed by atoms with Crippen molar-refractivity contribution in [3.05, 3.63) is 12.4 Å². The number of hydrogen-bond acceptors (Lipinski definition) is 5. The molecule has 0 unspecified atom stereocenters. The normalized spacial score (nSPS) is 20.6. The van der Waals surface area contributed by atoms with Gasteiger partial charge in [-0.15, -0.1) is 0 Å². The lowest BCUT2D eigenvalue weighted by molar-refractivity contribution is -0.116. The molecule has 0 aliphatic carbocycles. The summed E-state index contributed by atoms with van der Waals surface area (Å²) in [6.45, 7) is 3.44. The zero-order valence-electron chi connectivity index (χ0n) is 10.5. The molecule has 3 rings (SSSR count). The van der Waals surface area contributed by atoms with E-state index in [-0.39, 0.29) is 0 Å². The molecule has 1 aromatic rings. The number of carbonyl (C=O) groups excluding carboxylic acids is 1. The molecule has 0 radical (unpaired) electrons. The number of piperidine rings is 1. The molecule has 2 saturated heterocycles. The zero-order chi connectivity index (χ0) is 12.4. The van der Waals surface area contributed by atoms with Gasteiger partial charge in [0.05, 0.1) is 6.54 Å². The van der Waals surface area contributed by atoms with Gasteiger partial charge in [0.25, 0.3) is 0 Å². The smallest absolute Gasteiger partial charge is 0.153 e. The summed E-state index contributed by atoms with van der Waals surface area (Å²) in [7, 11) is 0. The van der Waals surface area contributed by atoms with Crippen LogP contribution in [0.1, 0.15) is 25.7 Å². The van der Waals surface area contributed by atoms with E-state index in [1.807, 2.05) is 11.0 Å². The van der Waals surface area contributed by atoms with Crippen molar-refractivity contribution in [1.29, 1.82) is 0 Å². The van der Waals surface area contributed by atoms with Crippen LogP contribution in [0, 0.1) is 0 Å². The lowest BCUT2D eigenvalue weighted by Gasteiger charge is -2.28. The molecule has 0 N–H and O–H groups in total. The van der Waals surface area contributed by atoms with Gasteiger partial charge in [-0.2, -0.15) is 0 Å². The van der Waals surface area contributed by atoms with Gasteiger partial charge >= 0.3 is 0 Å². The first kappa shape index (κ1) is 11.4. The summed E-state index contributed by atoms with van der Waals surface area (Å²) >= 11 is 0. The minimum atomic E-state index is 0.299. The third-order valence-corrected chi connectivity index (χ3v) is 3.67. The number of rotatable bonds is 2. The zero-order valence-corrected chi connectivity index (χ0v) is 10.5. The average Bonchev–Trinajstić information content (AvgIpc) is 2.87. The number of Topliss-reactive ketones (excluding diaryl/α,β-unsaturated/α-hetero) is 1. The molecule has 2 aliphatic rings. The highest BCUT2D eigenvalue weighted by molar-refractivity contribution is 5.86. The van der Waals surface area contributed by atoms with Gasteiger partial charge in [0.2, 0.25) is 0 Å². The lowest BCUT2D eigenvalue weighted by Crippen LogP contribution is -2.30.